The van der Waals surface area contributed by atoms with Gasteiger partial charge in [-0.25, -0.2) is 0 Å². The summed E-state index contributed by atoms with van der Waals surface area (Å²) in [6, 6.07) is 12.8. The first-order chi connectivity index (χ1) is 15.0. The Hall–Kier alpha value is -2.85. The number of nitrogens with zero attached hydrogens (tertiary/aromatic N) is 3. The molecule has 4 rings (SSSR count). The van der Waals surface area contributed by atoms with Crippen LogP contribution in [0.5, 0.6) is 11.5 Å². The van der Waals surface area contributed by atoms with Crippen molar-refractivity contribution in [2.75, 3.05) is 19.1 Å². The Morgan fingerprint density at radius 1 is 1.13 bits per heavy atom. The quantitative estimate of drug-likeness (QED) is 0.372. The largest absolute Gasteiger partial charge is 0.454 e. The van der Waals surface area contributed by atoms with Crippen molar-refractivity contribution >= 4 is 39.4 Å². The van der Waals surface area contributed by atoms with Crippen LogP contribution in [0.25, 0.3) is 5.69 Å². The monoisotopic (exact) mass is 502 g/mol. The molecule has 0 atom stereocenters. The van der Waals surface area contributed by atoms with Crippen LogP contribution in [0.4, 0.5) is 0 Å². The zero-order valence-electron chi connectivity index (χ0n) is 16.6. The number of rotatable bonds is 8. The molecule has 0 radical (unpaired) electrons. The van der Waals surface area contributed by atoms with E-state index in [0.717, 1.165) is 10.2 Å². The average Bonchev–Trinajstić information content (AvgIpc) is 3.38. The molecule has 0 saturated carbocycles. The second-order valence-corrected chi connectivity index (χ2v) is 8.58. The molecule has 3 aromatic rings. The lowest BCUT2D eigenvalue weighted by Crippen LogP contribution is -2.23. The van der Waals surface area contributed by atoms with Crippen molar-refractivity contribution in [3.63, 3.8) is 0 Å². The van der Waals surface area contributed by atoms with E-state index < -0.39 is 0 Å². The molecule has 1 aliphatic heterocycles. The predicted octanol–water partition coefficient (Wildman–Crippen LogP) is 3.41. The Kier molecular flexibility index (Phi) is 6.57. The van der Waals surface area contributed by atoms with Crippen LogP contribution in [0.1, 0.15) is 23.1 Å². The molecule has 0 saturated heterocycles. The van der Waals surface area contributed by atoms with E-state index in [4.69, 9.17) is 9.47 Å². The van der Waals surface area contributed by atoms with Gasteiger partial charge in [-0.15, -0.1) is 10.2 Å². The van der Waals surface area contributed by atoms with E-state index >= 15 is 0 Å². The molecule has 31 heavy (non-hydrogen) atoms. The van der Waals surface area contributed by atoms with Crippen molar-refractivity contribution < 1.29 is 19.1 Å². The van der Waals surface area contributed by atoms with Gasteiger partial charge in [-0.1, -0.05) is 39.8 Å². The van der Waals surface area contributed by atoms with Crippen LogP contribution in [-0.4, -0.2) is 45.5 Å². The Bertz CT molecular complexity index is 1120. The maximum Gasteiger partial charge on any atom is 0.231 e. The minimum Gasteiger partial charge on any atom is -0.454 e. The lowest BCUT2D eigenvalue weighted by Gasteiger charge is -2.11. The molecule has 1 N–H and O–H groups in total. The molecule has 1 amide bonds. The number of ketones is 1. The zero-order chi connectivity index (χ0) is 21.8. The van der Waals surface area contributed by atoms with Gasteiger partial charge in [-0.05, 0) is 24.3 Å². The Morgan fingerprint density at radius 3 is 2.68 bits per heavy atom. The van der Waals surface area contributed by atoms with E-state index in [9.17, 15) is 9.59 Å². The summed E-state index contributed by atoms with van der Waals surface area (Å²) in [4.78, 5) is 23.8. The molecule has 0 aliphatic carbocycles. The summed E-state index contributed by atoms with van der Waals surface area (Å²) in [5.74, 6) is 2.10. The number of hydrogen-bond donors (Lipinski definition) is 1. The molecule has 1 aromatic heterocycles. The second-order valence-electron chi connectivity index (χ2n) is 6.72. The molecule has 8 nitrogen and oxygen atoms in total. The summed E-state index contributed by atoms with van der Waals surface area (Å²) in [6.45, 7) is 2.08. The molecule has 0 spiro atoms. The van der Waals surface area contributed by atoms with Gasteiger partial charge in [-0.3, -0.25) is 14.2 Å². The number of thioether (sulfide) groups is 1. The highest BCUT2D eigenvalue weighted by Gasteiger charge is 2.20. The fourth-order valence-electron chi connectivity index (χ4n) is 3.04. The number of benzene rings is 2. The molecular formula is C21H19BrN4O4S. The highest BCUT2D eigenvalue weighted by Crippen LogP contribution is 2.35. The van der Waals surface area contributed by atoms with E-state index in [1.807, 2.05) is 34.9 Å². The van der Waals surface area contributed by atoms with Crippen LogP contribution in [0.3, 0.4) is 0 Å². The number of aromatic nitrogens is 3. The number of ether oxygens (including phenoxy) is 2. The Labute approximate surface area is 191 Å². The molecule has 0 fully saturated rings. The van der Waals surface area contributed by atoms with Crippen molar-refractivity contribution in [2.24, 2.45) is 0 Å². The number of hydrogen-bond acceptors (Lipinski definition) is 7. The summed E-state index contributed by atoms with van der Waals surface area (Å²) in [6.07, 6.45) is 0.488. The third-order valence-electron chi connectivity index (χ3n) is 4.54. The van der Waals surface area contributed by atoms with Crippen LogP contribution < -0.4 is 14.8 Å². The Balaban J connectivity index is 1.57. The molecule has 10 heteroatoms. The molecule has 0 unspecified atom stereocenters. The summed E-state index contributed by atoms with van der Waals surface area (Å²) in [5, 5.41) is 11.9. The van der Waals surface area contributed by atoms with Crippen LogP contribution in [0.2, 0.25) is 0 Å². The highest BCUT2D eigenvalue weighted by molar-refractivity contribution is 9.10. The topological polar surface area (TPSA) is 95.3 Å². The average molecular weight is 503 g/mol. The minimum absolute atomic E-state index is 0.00228. The van der Waals surface area contributed by atoms with Gasteiger partial charge in [-0.2, -0.15) is 0 Å². The number of carbonyl (C=O) groups excluding carboxylic acids is 2. The Morgan fingerprint density at radius 2 is 1.90 bits per heavy atom. The van der Waals surface area contributed by atoms with E-state index in [0.29, 0.717) is 41.0 Å². The fraction of sp³-hybridized carbons (Fsp3) is 0.238. The third kappa shape index (κ3) is 5.08. The molecule has 2 aromatic carbocycles. The first-order valence-electron chi connectivity index (χ1n) is 9.51. The van der Waals surface area contributed by atoms with Crippen molar-refractivity contribution in [1.82, 2.24) is 20.1 Å². The third-order valence-corrected chi connectivity index (χ3v) is 5.99. The lowest BCUT2D eigenvalue weighted by molar-refractivity contribution is -0.118. The van der Waals surface area contributed by atoms with Crippen molar-refractivity contribution in [3.05, 3.63) is 58.3 Å². The molecule has 1 aliphatic rings. The predicted molar refractivity (Wildman–Crippen MR) is 119 cm³/mol. The van der Waals surface area contributed by atoms with Gasteiger partial charge in [0.2, 0.25) is 12.7 Å². The number of amides is 1. The standard InChI is InChI=1S/C21H19BrN4O4S/c1-13(27)23-9-8-20-24-25-21(31-11-17(28)14-2-4-15(22)5-3-14)26(20)16-6-7-18-19(10-16)30-12-29-18/h2-7,10H,8-9,11-12H2,1H3,(H,23,27). The van der Waals surface area contributed by atoms with Gasteiger partial charge in [0, 0.05) is 36.0 Å². The van der Waals surface area contributed by atoms with Gasteiger partial charge in [0.05, 0.1) is 11.4 Å². The summed E-state index contributed by atoms with van der Waals surface area (Å²) in [7, 11) is 0. The fourth-order valence-corrected chi connectivity index (χ4v) is 4.17. The van der Waals surface area contributed by atoms with Crippen molar-refractivity contribution in [2.45, 2.75) is 18.5 Å². The number of Topliss-reactive ketones (excluding diaryl/α,β-unsaturated/α-hetero) is 1. The van der Waals surface area contributed by atoms with Crippen LogP contribution in [0.15, 0.2) is 52.1 Å². The first kappa shape index (κ1) is 21.4. The first-order valence-corrected chi connectivity index (χ1v) is 11.3. The second kappa shape index (κ2) is 9.52. The molecule has 2 heterocycles. The van der Waals surface area contributed by atoms with E-state index in [2.05, 4.69) is 31.4 Å². The van der Waals surface area contributed by atoms with Gasteiger partial charge in [0.1, 0.15) is 5.82 Å². The molecule has 0 bridgehead atoms. The summed E-state index contributed by atoms with van der Waals surface area (Å²) < 4.78 is 13.7. The summed E-state index contributed by atoms with van der Waals surface area (Å²) >= 11 is 4.69. The van der Waals surface area contributed by atoms with Gasteiger partial charge >= 0.3 is 0 Å². The van der Waals surface area contributed by atoms with E-state index in [1.165, 1.54) is 18.7 Å². The van der Waals surface area contributed by atoms with Crippen LogP contribution in [0, 0.1) is 0 Å². The maximum absolute atomic E-state index is 12.6. The van der Waals surface area contributed by atoms with Crippen molar-refractivity contribution in [3.8, 4) is 17.2 Å². The van der Waals surface area contributed by atoms with Crippen molar-refractivity contribution in [1.29, 1.82) is 0 Å². The zero-order valence-corrected chi connectivity index (χ0v) is 19.0. The normalized spacial score (nSPS) is 12.1. The van der Waals surface area contributed by atoms with Gasteiger partial charge in [0.15, 0.2) is 22.4 Å². The number of carbonyl (C=O) groups is 2. The van der Waals surface area contributed by atoms with Crippen LogP contribution >= 0.6 is 27.7 Å². The highest BCUT2D eigenvalue weighted by atomic mass is 79.9. The molecular weight excluding hydrogens is 484 g/mol. The molecule has 160 valence electrons. The maximum atomic E-state index is 12.6. The number of nitrogens with one attached hydrogen (secondary N) is 1. The number of fused-ring (bicyclic) bond motifs is 1. The van der Waals surface area contributed by atoms with E-state index in [-0.39, 0.29) is 24.2 Å². The smallest absolute Gasteiger partial charge is 0.231 e. The van der Waals surface area contributed by atoms with Crippen LogP contribution in [-0.2, 0) is 11.2 Å². The summed E-state index contributed by atoms with van der Waals surface area (Å²) in [5.41, 5.74) is 1.43. The van der Waals surface area contributed by atoms with E-state index in [1.54, 1.807) is 12.1 Å². The number of halogens is 1. The van der Waals surface area contributed by atoms with Gasteiger partial charge < -0.3 is 14.8 Å². The van der Waals surface area contributed by atoms with Gasteiger partial charge in [0.25, 0.3) is 0 Å². The lowest BCUT2D eigenvalue weighted by atomic mass is 10.2. The SMILES string of the molecule is CC(=O)NCCc1nnc(SCC(=O)c2ccc(Br)cc2)n1-c1ccc2c(c1)OCO2. The minimum atomic E-state index is -0.108.